The summed E-state index contributed by atoms with van der Waals surface area (Å²) in [5.74, 6) is 0.380. The van der Waals surface area contributed by atoms with Crippen LogP contribution in [0.2, 0.25) is 0 Å². The molecule has 0 bridgehead atoms. The van der Waals surface area contributed by atoms with Gasteiger partial charge in [-0.15, -0.1) is 11.3 Å². The van der Waals surface area contributed by atoms with Crippen molar-refractivity contribution in [3.8, 4) is 0 Å². The van der Waals surface area contributed by atoms with Crippen molar-refractivity contribution in [1.82, 2.24) is 5.32 Å². The Labute approximate surface area is 107 Å². The third-order valence-corrected chi connectivity index (χ3v) is 3.85. The lowest BCUT2D eigenvalue weighted by molar-refractivity contribution is 0.0912. The lowest BCUT2D eigenvalue weighted by Crippen LogP contribution is -2.38. The molecule has 0 aliphatic rings. The molecule has 0 aliphatic carbocycles. The van der Waals surface area contributed by atoms with E-state index in [0.717, 1.165) is 16.9 Å². The summed E-state index contributed by atoms with van der Waals surface area (Å²) < 4.78 is 0. The van der Waals surface area contributed by atoms with Gasteiger partial charge in [-0.25, -0.2) is 0 Å². The van der Waals surface area contributed by atoms with E-state index in [0.29, 0.717) is 5.92 Å². The van der Waals surface area contributed by atoms with Crippen LogP contribution >= 0.6 is 11.3 Å². The molecule has 1 unspecified atom stereocenters. The van der Waals surface area contributed by atoms with Crippen molar-refractivity contribution in [2.24, 2.45) is 5.92 Å². The highest BCUT2D eigenvalue weighted by atomic mass is 32.1. The van der Waals surface area contributed by atoms with Gasteiger partial charge in [0.2, 0.25) is 0 Å². The first-order chi connectivity index (χ1) is 7.93. The number of amides is 1. The van der Waals surface area contributed by atoms with Gasteiger partial charge in [0.25, 0.3) is 5.91 Å². The van der Waals surface area contributed by atoms with Crippen molar-refractivity contribution < 1.29 is 9.90 Å². The summed E-state index contributed by atoms with van der Waals surface area (Å²) in [6.07, 6.45) is 0.797. The third-order valence-electron chi connectivity index (χ3n) is 2.70. The molecule has 1 aromatic rings. The van der Waals surface area contributed by atoms with Gasteiger partial charge in [-0.3, -0.25) is 4.79 Å². The van der Waals surface area contributed by atoms with Gasteiger partial charge in [-0.05, 0) is 37.8 Å². The van der Waals surface area contributed by atoms with E-state index >= 15 is 0 Å². The van der Waals surface area contributed by atoms with E-state index in [-0.39, 0.29) is 18.6 Å². The molecule has 2 N–H and O–H groups in total. The molecule has 0 spiro atoms. The molecule has 1 atom stereocenters. The first kappa shape index (κ1) is 14.2. The van der Waals surface area contributed by atoms with Gasteiger partial charge in [-0.1, -0.05) is 13.8 Å². The Hall–Kier alpha value is -0.870. The summed E-state index contributed by atoms with van der Waals surface area (Å²) in [6, 6.07) is 1.75. The Bertz CT molecular complexity index is 365. The molecule has 0 saturated heterocycles. The molecule has 1 aromatic heterocycles. The van der Waals surface area contributed by atoms with E-state index in [1.165, 1.54) is 16.2 Å². The average molecular weight is 255 g/mol. The first-order valence-corrected chi connectivity index (χ1v) is 6.74. The van der Waals surface area contributed by atoms with Gasteiger partial charge in [0.1, 0.15) is 0 Å². The van der Waals surface area contributed by atoms with Gasteiger partial charge in [0.05, 0.1) is 17.5 Å². The highest BCUT2D eigenvalue weighted by Gasteiger charge is 2.16. The van der Waals surface area contributed by atoms with E-state index in [1.807, 2.05) is 19.9 Å². The second-order valence-corrected chi connectivity index (χ2v) is 6.09. The van der Waals surface area contributed by atoms with Crippen LogP contribution in [0, 0.1) is 19.8 Å². The lowest BCUT2D eigenvalue weighted by atomic mass is 10.0. The molecule has 96 valence electrons. The summed E-state index contributed by atoms with van der Waals surface area (Å²) in [5, 5.41) is 12.1. The molecule has 1 heterocycles. The van der Waals surface area contributed by atoms with Gasteiger partial charge >= 0.3 is 0 Å². The number of hydrogen-bond acceptors (Lipinski definition) is 3. The molecule has 17 heavy (non-hydrogen) atoms. The Morgan fingerprint density at radius 2 is 2.12 bits per heavy atom. The number of hydrogen-bond donors (Lipinski definition) is 2. The number of rotatable bonds is 5. The summed E-state index contributed by atoms with van der Waals surface area (Å²) >= 11 is 1.50. The van der Waals surface area contributed by atoms with Crippen LogP contribution in [-0.2, 0) is 0 Å². The van der Waals surface area contributed by atoms with Crippen LogP contribution in [0.4, 0.5) is 0 Å². The molecule has 1 amide bonds. The minimum absolute atomic E-state index is 0.00669. The van der Waals surface area contributed by atoms with Crippen molar-refractivity contribution in [3.05, 3.63) is 21.4 Å². The van der Waals surface area contributed by atoms with E-state index < -0.39 is 0 Å². The zero-order chi connectivity index (χ0) is 13.0. The Morgan fingerprint density at radius 3 is 2.53 bits per heavy atom. The third kappa shape index (κ3) is 4.13. The van der Waals surface area contributed by atoms with Gasteiger partial charge in [-0.2, -0.15) is 0 Å². The number of nitrogens with one attached hydrogen (secondary N) is 1. The number of aryl methyl sites for hydroxylation is 2. The summed E-state index contributed by atoms with van der Waals surface area (Å²) in [6.45, 7) is 8.16. The maximum Gasteiger partial charge on any atom is 0.261 e. The SMILES string of the molecule is Cc1cc(C(=O)NC(CO)CC(C)C)sc1C. The molecule has 0 saturated carbocycles. The van der Waals surface area contributed by atoms with E-state index in [4.69, 9.17) is 0 Å². The second-order valence-electron chi connectivity index (χ2n) is 4.83. The predicted molar refractivity (Wildman–Crippen MR) is 71.6 cm³/mol. The quantitative estimate of drug-likeness (QED) is 0.849. The van der Waals surface area contributed by atoms with Gasteiger partial charge in [0, 0.05) is 4.88 Å². The number of carbonyl (C=O) groups excluding carboxylic acids is 1. The van der Waals surface area contributed by atoms with Crippen molar-refractivity contribution in [1.29, 1.82) is 0 Å². The predicted octanol–water partition coefficient (Wildman–Crippen LogP) is 2.50. The van der Waals surface area contributed by atoms with Crippen LogP contribution in [0.25, 0.3) is 0 Å². The fraction of sp³-hybridized carbons (Fsp3) is 0.615. The topological polar surface area (TPSA) is 49.3 Å². The monoisotopic (exact) mass is 255 g/mol. The largest absolute Gasteiger partial charge is 0.394 e. The summed E-state index contributed by atoms with van der Waals surface area (Å²) in [7, 11) is 0. The van der Waals surface area contributed by atoms with E-state index in [9.17, 15) is 9.90 Å². The average Bonchev–Trinajstić information content (AvgIpc) is 2.57. The molecule has 0 aliphatic heterocycles. The fourth-order valence-electron chi connectivity index (χ4n) is 1.69. The second kappa shape index (κ2) is 6.17. The molecule has 1 rings (SSSR count). The molecule has 0 fully saturated rings. The number of aliphatic hydroxyl groups excluding tert-OH is 1. The Balaban J connectivity index is 2.64. The van der Waals surface area contributed by atoms with Crippen LogP contribution in [0.3, 0.4) is 0 Å². The van der Waals surface area contributed by atoms with E-state index in [2.05, 4.69) is 19.2 Å². The summed E-state index contributed by atoms with van der Waals surface area (Å²) in [4.78, 5) is 13.8. The van der Waals surface area contributed by atoms with E-state index in [1.54, 1.807) is 0 Å². The smallest absolute Gasteiger partial charge is 0.261 e. The normalized spacial score (nSPS) is 12.8. The Kier molecular flexibility index (Phi) is 5.15. The van der Waals surface area contributed by atoms with Crippen molar-refractivity contribution in [3.63, 3.8) is 0 Å². The van der Waals surface area contributed by atoms with Crippen LogP contribution in [0.1, 0.15) is 40.4 Å². The standard InChI is InChI=1S/C13H21NO2S/c1-8(2)5-11(7-15)14-13(16)12-6-9(3)10(4)17-12/h6,8,11,15H,5,7H2,1-4H3,(H,14,16). The first-order valence-electron chi connectivity index (χ1n) is 5.92. The number of thiophene rings is 1. The van der Waals surface area contributed by atoms with Crippen LogP contribution < -0.4 is 5.32 Å². The van der Waals surface area contributed by atoms with Crippen molar-refractivity contribution >= 4 is 17.2 Å². The maximum absolute atomic E-state index is 11.9. The van der Waals surface area contributed by atoms with Crippen molar-refractivity contribution in [2.75, 3.05) is 6.61 Å². The molecule has 4 heteroatoms. The summed E-state index contributed by atoms with van der Waals surface area (Å²) in [5.41, 5.74) is 1.14. The van der Waals surface area contributed by atoms with Gasteiger partial charge < -0.3 is 10.4 Å². The highest BCUT2D eigenvalue weighted by Crippen LogP contribution is 2.20. The molecule has 0 aromatic carbocycles. The Morgan fingerprint density at radius 1 is 1.47 bits per heavy atom. The molecular formula is C13H21NO2S. The number of carbonyl (C=O) groups is 1. The fourth-order valence-corrected chi connectivity index (χ4v) is 2.63. The lowest BCUT2D eigenvalue weighted by Gasteiger charge is -2.17. The minimum Gasteiger partial charge on any atom is -0.394 e. The minimum atomic E-state index is -0.148. The van der Waals surface area contributed by atoms with Gasteiger partial charge in [0.15, 0.2) is 0 Å². The van der Waals surface area contributed by atoms with Crippen LogP contribution in [-0.4, -0.2) is 23.7 Å². The zero-order valence-corrected chi connectivity index (χ0v) is 11.7. The maximum atomic E-state index is 11.9. The zero-order valence-electron chi connectivity index (χ0n) is 10.9. The number of aliphatic hydroxyl groups is 1. The van der Waals surface area contributed by atoms with Crippen LogP contribution in [0.5, 0.6) is 0 Å². The van der Waals surface area contributed by atoms with Crippen LogP contribution in [0.15, 0.2) is 6.07 Å². The molecule has 3 nitrogen and oxygen atoms in total. The molecule has 0 radical (unpaired) electrons. The van der Waals surface area contributed by atoms with Crippen molar-refractivity contribution in [2.45, 2.75) is 40.2 Å². The highest BCUT2D eigenvalue weighted by molar-refractivity contribution is 7.14. The molecular weight excluding hydrogens is 234 g/mol.